The Morgan fingerprint density at radius 1 is 1.54 bits per heavy atom. The molecule has 1 aliphatic heterocycles. The van der Waals surface area contributed by atoms with E-state index in [2.05, 4.69) is 6.58 Å². The second kappa shape index (κ2) is 4.51. The van der Waals surface area contributed by atoms with Crippen LogP contribution in [0.15, 0.2) is 60.1 Å². The predicted molar refractivity (Wildman–Crippen MR) is 56.0 cm³/mol. The lowest BCUT2D eigenvalue weighted by Gasteiger charge is -1.98. The molecule has 0 bridgehead atoms. The molecule has 1 rings (SSSR count). The molecule has 0 radical (unpaired) electrons. The van der Waals surface area contributed by atoms with Gasteiger partial charge in [-0.1, -0.05) is 24.3 Å². The van der Waals surface area contributed by atoms with E-state index in [-0.39, 0.29) is 0 Å². The third kappa shape index (κ3) is 3.61. The normalized spacial score (nSPS) is 16.2. The summed E-state index contributed by atoms with van der Waals surface area (Å²) >= 11 is 0. The highest BCUT2D eigenvalue weighted by Crippen LogP contribution is 2.10. The summed E-state index contributed by atoms with van der Waals surface area (Å²) in [4.78, 5) is 0. The minimum atomic E-state index is 0.838. The zero-order valence-electron chi connectivity index (χ0n) is 8.08. The van der Waals surface area contributed by atoms with Gasteiger partial charge in [-0.25, -0.2) is 0 Å². The van der Waals surface area contributed by atoms with E-state index >= 15 is 0 Å². The van der Waals surface area contributed by atoms with Crippen LogP contribution < -0.4 is 0 Å². The highest BCUT2D eigenvalue weighted by atomic mass is 16.5. The molecule has 1 heterocycles. The van der Waals surface area contributed by atoms with E-state index in [1.54, 1.807) is 6.26 Å². The lowest BCUT2D eigenvalue weighted by molar-refractivity contribution is 0.369. The van der Waals surface area contributed by atoms with Crippen molar-refractivity contribution in [2.45, 2.75) is 13.8 Å². The third-order valence-electron chi connectivity index (χ3n) is 1.54. The minimum Gasteiger partial charge on any atom is -0.465 e. The molecule has 1 heteroatoms. The second-order valence-electron chi connectivity index (χ2n) is 3.08. The lowest BCUT2D eigenvalue weighted by atomic mass is 10.2. The molecule has 1 nitrogen and oxygen atoms in total. The van der Waals surface area contributed by atoms with Gasteiger partial charge in [-0.05, 0) is 37.6 Å². The van der Waals surface area contributed by atoms with Gasteiger partial charge in [-0.3, -0.25) is 0 Å². The van der Waals surface area contributed by atoms with Crippen molar-refractivity contribution in [3.05, 3.63) is 60.1 Å². The van der Waals surface area contributed by atoms with Gasteiger partial charge >= 0.3 is 0 Å². The highest BCUT2D eigenvalue weighted by Gasteiger charge is 1.94. The largest absolute Gasteiger partial charge is 0.465 e. The van der Waals surface area contributed by atoms with Crippen molar-refractivity contribution < 1.29 is 4.74 Å². The monoisotopic (exact) mass is 174 g/mol. The summed E-state index contributed by atoms with van der Waals surface area (Å²) < 4.78 is 5.32. The molecule has 68 valence electrons. The summed E-state index contributed by atoms with van der Waals surface area (Å²) in [6.07, 6.45) is 11.4. The molecule has 0 amide bonds. The summed E-state index contributed by atoms with van der Waals surface area (Å²) in [6, 6.07) is 0. The van der Waals surface area contributed by atoms with Gasteiger partial charge in [0.2, 0.25) is 0 Å². The first-order chi connectivity index (χ1) is 6.18. The first-order valence-corrected chi connectivity index (χ1v) is 4.24. The third-order valence-corrected chi connectivity index (χ3v) is 1.54. The first-order valence-electron chi connectivity index (χ1n) is 4.24. The van der Waals surface area contributed by atoms with Crippen molar-refractivity contribution in [3.63, 3.8) is 0 Å². The molecule has 0 saturated heterocycles. The average Bonchev–Trinajstić information content (AvgIpc) is 2.26. The molecular formula is C12H14O. The lowest BCUT2D eigenvalue weighted by Crippen LogP contribution is -1.80. The number of ether oxygens (including phenoxy) is 1. The number of hydrogen-bond donors (Lipinski definition) is 0. The van der Waals surface area contributed by atoms with Gasteiger partial charge in [0.15, 0.2) is 0 Å². The van der Waals surface area contributed by atoms with Crippen LogP contribution in [0.25, 0.3) is 0 Å². The Kier molecular flexibility index (Phi) is 3.32. The van der Waals surface area contributed by atoms with Crippen LogP contribution in [0.5, 0.6) is 0 Å². The van der Waals surface area contributed by atoms with E-state index in [1.165, 1.54) is 5.57 Å². The maximum atomic E-state index is 5.32. The summed E-state index contributed by atoms with van der Waals surface area (Å²) in [5.41, 5.74) is 2.19. The Morgan fingerprint density at radius 2 is 2.31 bits per heavy atom. The SMILES string of the molecule is C=C(C)C=CC1=CC(C)=CC=CO1. The molecule has 0 fully saturated rings. The fraction of sp³-hybridized carbons (Fsp3) is 0.167. The Labute approximate surface area is 79.4 Å². The van der Waals surface area contributed by atoms with E-state index in [9.17, 15) is 0 Å². The quantitative estimate of drug-likeness (QED) is 0.582. The van der Waals surface area contributed by atoms with Crippen LogP contribution in [0, 0.1) is 0 Å². The fourth-order valence-electron chi connectivity index (χ4n) is 0.927. The fourth-order valence-corrected chi connectivity index (χ4v) is 0.927. The smallest absolute Gasteiger partial charge is 0.126 e. The number of rotatable bonds is 2. The average molecular weight is 174 g/mol. The molecule has 0 atom stereocenters. The van der Waals surface area contributed by atoms with Crippen molar-refractivity contribution in [2.24, 2.45) is 0 Å². The van der Waals surface area contributed by atoms with Crippen LogP contribution in [0.1, 0.15) is 13.8 Å². The van der Waals surface area contributed by atoms with Crippen LogP contribution >= 0.6 is 0 Å². The van der Waals surface area contributed by atoms with Gasteiger partial charge in [0.1, 0.15) is 5.76 Å². The van der Waals surface area contributed by atoms with Crippen molar-refractivity contribution >= 4 is 0 Å². The highest BCUT2D eigenvalue weighted by molar-refractivity contribution is 5.32. The molecule has 0 aromatic rings. The standard InChI is InChI=1S/C12H14O/c1-10(2)6-7-12-9-11(3)5-4-8-13-12/h4-9H,1H2,2-3H3. The van der Waals surface area contributed by atoms with E-state index in [1.807, 2.05) is 44.2 Å². The van der Waals surface area contributed by atoms with Gasteiger partial charge in [-0.15, -0.1) is 0 Å². The van der Waals surface area contributed by atoms with E-state index in [4.69, 9.17) is 4.74 Å². The van der Waals surface area contributed by atoms with Crippen LogP contribution in [0.2, 0.25) is 0 Å². The van der Waals surface area contributed by atoms with Crippen molar-refractivity contribution in [1.82, 2.24) is 0 Å². The maximum Gasteiger partial charge on any atom is 0.126 e. The molecule has 0 aliphatic carbocycles. The van der Waals surface area contributed by atoms with Crippen molar-refractivity contribution in [3.8, 4) is 0 Å². The van der Waals surface area contributed by atoms with Gasteiger partial charge in [0.25, 0.3) is 0 Å². The Morgan fingerprint density at radius 3 is 3.00 bits per heavy atom. The zero-order chi connectivity index (χ0) is 9.68. The Balaban J connectivity index is 2.76. The van der Waals surface area contributed by atoms with Gasteiger partial charge in [0, 0.05) is 0 Å². The Bertz CT molecular complexity index is 314. The van der Waals surface area contributed by atoms with E-state index in [0.717, 1.165) is 11.3 Å². The van der Waals surface area contributed by atoms with Gasteiger partial charge in [-0.2, -0.15) is 0 Å². The maximum absolute atomic E-state index is 5.32. The topological polar surface area (TPSA) is 9.23 Å². The van der Waals surface area contributed by atoms with Crippen molar-refractivity contribution in [2.75, 3.05) is 0 Å². The van der Waals surface area contributed by atoms with Crippen molar-refractivity contribution in [1.29, 1.82) is 0 Å². The van der Waals surface area contributed by atoms with E-state index in [0.29, 0.717) is 0 Å². The van der Waals surface area contributed by atoms with Gasteiger partial charge < -0.3 is 4.74 Å². The zero-order valence-corrected chi connectivity index (χ0v) is 8.08. The molecular weight excluding hydrogens is 160 g/mol. The molecule has 0 N–H and O–H groups in total. The molecule has 0 aromatic carbocycles. The summed E-state index contributed by atoms with van der Waals surface area (Å²) in [5, 5.41) is 0. The molecule has 1 aliphatic rings. The van der Waals surface area contributed by atoms with Crippen LogP contribution in [-0.2, 0) is 4.74 Å². The second-order valence-corrected chi connectivity index (χ2v) is 3.08. The van der Waals surface area contributed by atoms with Gasteiger partial charge in [0.05, 0.1) is 6.26 Å². The Hall–Kier alpha value is -1.50. The number of allylic oxidation sites excluding steroid dienone is 7. The summed E-state index contributed by atoms with van der Waals surface area (Å²) in [7, 11) is 0. The molecule has 0 saturated carbocycles. The van der Waals surface area contributed by atoms with E-state index < -0.39 is 0 Å². The molecule has 13 heavy (non-hydrogen) atoms. The van der Waals surface area contributed by atoms with Crippen LogP contribution in [0.4, 0.5) is 0 Å². The minimum absolute atomic E-state index is 0.838. The molecule has 0 spiro atoms. The summed E-state index contributed by atoms with van der Waals surface area (Å²) in [6.45, 7) is 7.77. The predicted octanol–water partition coefficient (Wildman–Crippen LogP) is 3.49. The summed E-state index contributed by atoms with van der Waals surface area (Å²) in [5.74, 6) is 0.838. The molecule has 0 unspecified atom stereocenters. The first kappa shape index (κ1) is 9.59. The molecule has 0 aromatic heterocycles. The van der Waals surface area contributed by atoms with Crippen LogP contribution in [-0.4, -0.2) is 0 Å². The van der Waals surface area contributed by atoms with Crippen LogP contribution in [0.3, 0.4) is 0 Å². The number of hydrogen-bond acceptors (Lipinski definition) is 1.